The Kier molecular flexibility index (Phi) is 4.10. The number of ether oxygens (including phenoxy) is 1. The number of halogens is 1. The zero-order valence-electron chi connectivity index (χ0n) is 8.99. The second-order valence-electron chi connectivity index (χ2n) is 3.05. The van der Waals surface area contributed by atoms with Crippen LogP contribution >= 0.6 is 0 Å². The molecule has 0 spiro atoms. The van der Waals surface area contributed by atoms with Gasteiger partial charge in [0.2, 0.25) is 0 Å². The first kappa shape index (κ1) is 12.3. The van der Waals surface area contributed by atoms with Crippen molar-refractivity contribution in [3.05, 3.63) is 35.8 Å². The van der Waals surface area contributed by atoms with Gasteiger partial charge in [-0.05, 0) is 6.07 Å². The second-order valence-corrected chi connectivity index (χ2v) is 3.05. The van der Waals surface area contributed by atoms with E-state index in [0.29, 0.717) is 0 Å². The zero-order valence-corrected chi connectivity index (χ0v) is 8.99. The number of rotatable bonds is 4. The highest BCUT2D eigenvalue weighted by atomic mass is 19.1. The Morgan fingerprint density at radius 2 is 2.25 bits per heavy atom. The van der Waals surface area contributed by atoms with Gasteiger partial charge >= 0.3 is 5.97 Å². The summed E-state index contributed by atoms with van der Waals surface area (Å²) in [6.45, 7) is 2.46. The fraction of sp³-hybridized carbons (Fsp3) is 0.273. The van der Waals surface area contributed by atoms with Gasteiger partial charge in [-0.15, -0.1) is 0 Å². The van der Waals surface area contributed by atoms with Crippen LogP contribution < -0.4 is 0 Å². The van der Waals surface area contributed by atoms with Gasteiger partial charge in [-0.25, -0.2) is 4.39 Å². The van der Waals surface area contributed by atoms with E-state index in [2.05, 4.69) is 9.72 Å². The average Bonchev–Trinajstić information content (AvgIpc) is 2.26. The van der Waals surface area contributed by atoms with E-state index in [1.54, 1.807) is 0 Å². The molecule has 85 valence electrons. The van der Waals surface area contributed by atoms with Gasteiger partial charge in [0.05, 0.1) is 5.56 Å². The van der Waals surface area contributed by atoms with Crippen LogP contribution in [-0.4, -0.2) is 16.7 Å². The predicted molar refractivity (Wildman–Crippen MR) is 54.0 cm³/mol. The van der Waals surface area contributed by atoms with E-state index in [9.17, 15) is 14.0 Å². The molecule has 1 radical (unpaired) electrons. The molecule has 0 aromatic carbocycles. The number of Topliss-reactive ketones (excluding diaryl/α,β-unsaturated/α-hetero) is 1. The average molecular weight is 224 g/mol. The lowest BCUT2D eigenvalue weighted by molar-refractivity contribution is -0.142. The molecule has 0 aliphatic heterocycles. The maximum Gasteiger partial charge on any atom is 0.303 e. The lowest BCUT2D eigenvalue weighted by atomic mass is 10.1. The van der Waals surface area contributed by atoms with Gasteiger partial charge in [0.15, 0.2) is 11.6 Å². The summed E-state index contributed by atoms with van der Waals surface area (Å²) in [6, 6.07) is 1.29. The molecule has 0 fully saturated rings. The first-order valence-corrected chi connectivity index (χ1v) is 4.66. The fourth-order valence-corrected chi connectivity index (χ4v) is 1.10. The van der Waals surface area contributed by atoms with Gasteiger partial charge in [-0.1, -0.05) is 6.92 Å². The van der Waals surface area contributed by atoms with Crippen LogP contribution in [0, 0.1) is 12.2 Å². The molecule has 0 aliphatic rings. The predicted octanol–water partition coefficient (Wildman–Crippen LogP) is 1.69. The zero-order chi connectivity index (χ0) is 12.1. The normalized spacial score (nSPS) is 9.94. The van der Waals surface area contributed by atoms with Crippen molar-refractivity contribution in [1.82, 2.24) is 4.98 Å². The Labute approximate surface area is 92.4 Å². The summed E-state index contributed by atoms with van der Waals surface area (Å²) >= 11 is 0. The molecule has 1 aromatic heterocycles. The molecule has 1 aromatic rings. The molecule has 0 saturated carbocycles. The second kappa shape index (κ2) is 5.34. The van der Waals surface area contributed by atoms with Gasteiger partial charge < -0.3 is 4.74 Å². The highest BCUT2D eigenvalue weighted by molar-refractivity contribution is 6.02. The fourth-order valence-electron chi connectivity index (χ4n) is 1.10. The van der Waals surface area contributed by atoms with Crippen molar-refractivity contribution < 1.29 is 18.7 Å². The van der Waals surface area contributed by atoms with Crippen molar-refractivity contribution in [1.29, 1.82) is 0 Å². The largest absolute Gasteiger partial charge is 0.459 e. The molecule has 0 amide bonds. The summed E-state index contributed by atoms with van der Waals surface area (Å²) in [7, 11) is 0. The van der Waals surface area contributed by atoms with E-state index in [4.69, 9.17) is 0 Å². The molecule has 1 heterocycles. The summed E-state index contributed by atoms with van der Waals surface area (Å²) in [5, 5.41) is 0. The summed E-state index contributed by atoms with van der Waals surface area (Å²) < 4.78 is 18.3. The quantitative estimate of drug-likeness (QED) is 0.577. The van der Waals surface area contributed by atoms with Gasteiger partial charge in [-0.2, -0.15) is 0 Å². The molecule has 0 N–H and O–H groups in total. The number of nitrogens with zero attached hydrogens (tertiary/aromatic N) is 1. The standard InChI is InChI=1S/C11H11FNO3/c1-3-10(15)8-4-5-13-9(11(8)12)6-16-7(2)14/h3-5H,6H2,1-2H3. The van der Waals surface area contributed by atoms with E-state index in [1.165, 1.54) is 32.5 Å². The molecule has 0 unspecified atom stereocenters. The molecule has 4 nitrogen and oxygen atoms in total. The number of ketones is 1. The molecule has 0 bridgehead atoms. The van der Waals surface area contributed by atoms with Crippen LogP contribution in [0.4, 0.5) is 4.39 Å². The van der Waals surface area contributed by atoms with Gasteiger partial charge in [-0.3, -0.25) is 14.6 Å². The van der Waals surface area contributed by atoms with Gasteiger partial charge in [0.1, 0.15) is 12.3 Å². The van der Waals surface area contributed by atoms with Crippen LogP contribution in [0.1, 0.15) is 29.9 Å². The highest BCUT2D eigenvalue weighted by Gasteiger charge is 2.15. The van der Waals surface area contributed by atoms with E-state index < -0.39 is 17.6 Å². The van der Waals surface area contributed by atoms with E-state index in [1.807, 2.05) is 0 Å². The number of esters is 1. The van der Waals surface area contributed by atoms with Crippen molar-refractivity contribution in [2.45, 2.75) is 20.5 Å². The van der Waals surface area contributed by atoms with Crippen LogP contribution in [-0.2, 0) is 16.1 Å². The van der Waals surface area contributed by atoms with Crippen LogP contribution in [0.2, 0.25) is 0 Å². The number of hydrogen-bond acceptors (Lipinski definition) is 4. The Morgan fingerprint density at radius 1 is 1.56 bits per heavy atom. The number of hydrogen-bond donors (Lipinski definition) is 0. The lowest BCUT2D eigenvalue weighted by Crippen LogP contribution is -2.08. The maximum absolute atomic E-state index is 13.7. The number of carbonyl (C=O) groups is 2. The van der Waals surface area contributed by atoms with E-state index >= 15 is 0 Å². The van der Waals surface area contributed by atoms with E-state index in [-0.39, 0.29) is 17.9 Å². The molecule has 16 heavy (non-hydrogen) atoms. The smallest absolute Gasteiger partial charge is 0.303 e. The number of carbonyl (C=O) groups excluding carboxylic acids is 2. The third-order valence-corrected chi connectivity index (χ3v) is 1.90. The van der Waals surface area contributed by atoms with Crippen LogP contribution in [0.15, 0.2) is 12.3 Å². The Bertz CT molecular complexity index is 418. The Morgan fingerprint density at radius 3 is 2.81 bits per heavy atom. The Balaban J connectivity index is 2.94. The number of pyridine rings is 1. The molecule has 0 saturated heterocycles. The minimum absolute atomic E-state index is 0.0529. The highest BCUT2D eigenvalue weighted by Crippen LogP contribution is 2.13. The molecule has 0 atom stereocenters. The SMILES string of the molecule is C[CH]C(=O)c1ccnc(COC(C)=O)c1F. The Hall–Kier alpha value is -1.78. The minimum Gasteiger partial charge on any atom is -0.459 e. The monoisotopic (exact) mass is 224 g/mol. The van der Waals surface area contributed by atoms with Crippen LogP contribution in [0.3, 0.4) is 0 Å². The molecule has 5 heteroatoms. The maximum atomic E-state index is 13.7. The van der Waals surface area contributed by atoms with Gasteiger partial charge in [0.25, 0.3) is 0 Å². The van der Waals surface area contributed by atoms with Crippen molar-refractivity contribution >= 4 is 11.8 Å². The third kappa shape index (κ3) is 2.85. The van der Waals surface area contributed by atoms with Crippen LogP contribution in [0.5, 0.6) is 0 Å². The lowest BCUT2D eigenvalue weighted by Gasteiger charge is -2.05. The van der Waals surface area contributed by atoms with Crippen molar-refractivity contribution in [3.8, 4) is 0 Å². The minimum atomic E-state index is -0.744. The molecular formula is C11H11FNO3. The van der Waals surface area contributed by atoms with Crippen molar-refractivity contribution in [3.63, 3.8) is 0 Å². The molecule has 0 aliphatic carbocycles. The summed E-state index contributed by atoms with van der Waals surface area (Å²) in [6.07, 6.45) is 2.56. The third-order valence-electron chi connectivity index (χ3n) is 1.90. The first-order valence-electron chi connectivity index (χ1n) is 4.66. The summed E-state index contributed by atoms with van der Waals surface area (Å²) in [5.41, 5.74) is -0.123. The van der Waals surface area contributed by atoms with Crippen molar-refractivity contribution in [2.24, 2.45) is 0 Å². The molecular weight excluding hydrogens is 213 g/mol. The molecule has 1 rings (SSSR count). The van der Waals surface area contributed by atoms with Crippen LogP contribution in [0.25, 0.3) is 0 Å². The number of aromatic nitrogens is 1. The van der Waals surface area contributed by atoms with E-state index in [0.717, 1.165) is 0 Å². The van der Waals surface area contributed by atoms with Gasteiger partial charge in [0, 0.05) is 19.5 Å². The summed E-state index contributed by atoms with van der Waals surface area (Å²) in [5.74, 6) is -1.70. The van der Waals surface area contributed by atoms with Crippen molar-refractivity contribution in [2.75, 3.05) is 0 Å². The summed E-state index contributed by atoms with van der Waals surface area (Å²) in [4.78, 5) is 25.6. The first-order chi connectivity index (χ1) is 7.56. The topological polar surface area (TPSA) is 56.3 Å².